The second kappa shape index (κ2) is 5.62. The zero-order valence-electron chi connectivity index (χ0n) is 9.82. The number of carbonyl (C=O) groups excluding carboxylic acids is 3. The van der Waals surface area contributed by atoms with Crippen LogP contribution >= 0.6 is 15.9 Å². The second-order valence-electron chi connectivity index (χ2n) is 4.02. The number of ketones is 1. The van der Waals surface area contributed by atoms with Gasteiger partial charge in [0.05, 0.1) is 14.2 Å². The molecule has 0 unspecified atom stereocenters. The molecule has 0 bridgehead atoms. The molecule has 1 aliphatic carbocycles. The van der Waals surface area contributed by atoms with Gasteiger partial charge in [-0.25, -0.2) is 4.79 Å². The van der Waals surface area contributed by atoms with E-state index in [2.05, 4.69) is 25.4 Å². The topological polar surface area (TPSA) is 69.7 Å². The monoisotopic (exact) mass is 306 g/mol. The van der Waals surface area contributed by atoms with Gasteiger partial charge in [0.1, 0.15) is 5.41 Å². The summed E-state index contributed by atoms with van der Waals surface area (Å²) in [6.45, 7) is 0. The Morgan fingerprint density at radius 3 is 2.41 bits per heavy atom. The maximum absolute atomic E-state index is 11.8. The fraction of sp³-hybridized carbons (Fsp3) is 0.727. The molecule has 0 spiro atoms. The molecule has 1 saturated carbocycles. The number of hydrogen-bond acceptors (Lipinski definition) is 5. The standard InChI is InChI=1S/C11H15BrO5/c1-16-9(14)8(13)11(10(15)17-2)6-7(11)4-3-5-12/h7H,3-6H2,1-2H3/t7-,11+/m0/s1. The quantitative estimate of drug-likeness (QED) is 0.318. The lowest BCUT2D eigenvalue weighted by atomic mass is 9.96. The van der Waals surface area contributed by atoms with Crippen LogP contribution in [0, 0.1) is 11.3 Å². The number of ether oxygens (including phenoxy) is 2. The third-order valence-electron chi connectivity index (χ3n) is 3.12. The molecule has 0 aromatic carbocycles. The van der Waals surface area contributed by atoms with Crippen LogP contribution < -0.4 is 0 Å². The van der Waals surface area contributed by atoms with Crippen molar-refractivity contribution in [2.45, 2.75) is 19.3 Å². The summed E-state index contributed by atoms with van der Waals surface area (Å²) in [5.41, 5.74) is -1.29. The predicted octanol–water partition coefficient (Wildman–Crippen LogP) is 1.08. The molecule has 0 aromatic heterocycles. The first-order chi connectivity index (χ1) is 8.04. The molecular formula is C11H15BrO5. The SMILES string of the molecule is COC(=O)C(=O)[C@@]1(C(=O)OC)C[C@@H]1CCCBr. The Bertz CT molecular complexity index is 341. The van der Waals surface area contributed by atoms with Gasteiger partial charge in [-0.05, 0) is 25.2 Å². The van der Waals surface area contributed by atoms with Crippen molar-refractivity contribution in [3.05, 3.63) is 0 Å². The van der Waals surface area contributed by atoms with Crippen LogP contribution in [0.4, 0.5) is 0 Å². The first-order valence-electron chi connectivity index (χ1n) is 5.31. The highest BCUT2D eigenvalue weighted by Crippen LogP contribution is 2.56. The van der Waals surface area contributed by atoms with Crippen molar-refractivity contribution in [2.24, 2.45) is 11.3 Å². The third-order valence-corrected chi connectivity index (χ3v) is 3.68. The van der Waals surface area contributed by atoms with Crippen molar-refractivity contribution < 1.29 is 23.9 Å². The number of halogens is 1. The lowest BCUT2D eigenvalue weighted by Crippen LogP contribution is -2.35. The molecule has 1 rings (SSSR count). The average molecular weight is 307 g/mol. The minimum Gasteiger partial charge on any atom is -0.468 e. The van der Waals surface area contributed by atoms with E-state index in [9.17, 15) is 14.4 Å². The highest BCUT2D eigenvalue weighted by Gasteiger charge is 2.67. The fourth-order valence-corrected chi connectivity index (χ4v) is 2.40. The van der Waals surface area contributed by atoms with E-state index in [0.29, 0.717) is 12.8 Å². The van der Waals surface area contributed by atoms with E-state index in [-0.39, 0.29) is 5.92 Å². The van der Waals surface area contributed by atoms with Crippen LogP contribution in [0.5, 0.6) is 0 Å². The van der Waals surface area contributed by atoms with Crippen LogP contribution in [0.1, 0.15) is 19.3 Å². The van der Waals surface area contributed by atoms with Gasteiger partial charge in [0.15, 0.2) is 0 Å². The predicted molar refractivity (Wildman–Crippen MR) is 62.6 cm³/mol. The number of hydrogen-bond donors (Lipinski definition) is 0. The summed E-state index contributed by atoms with van der Waals surface area (Å²) < 4.78 is 9.00. The maximum atomic E-state index is 11.8. The molecule has 0 saturated heterocycles. The van der Waals surface area contributed by atoms with Gasteiger partial charge in [0.25, 0.3) is 5.78 Å². The molecular weight excluding hydrogens is 292 g/mol. The van der Waals surface area contributed by atoms with Gasteiger partial charge in [-0.15, -0.1) is 0 Å². The van der Waals surface area contributed by atoms with Gasteiger partial charge >= 0.3 is 11.9 Å². The van der Waals surface area contributed by atoms with Gasteiger partial charge in [0, 0.05) is 5.33 Å². The molecule has 5 nitrogen and oxygen atoms in total. The molecule has 0 radical (unpaired) electrons. The molecule has 17 heavy (non-hydrogen) atoms. The summed E-state index contributed by atoms with van der Waals surface area (Å²) in [6, 6.07) is 0. The molecule has 0 aromatic rings. The number of esters is 2. The highest BCUT2D eigenvalue weighted by molar-refractivity contribution is 9.09. The Balaban J connectivity index is 2.81. The van der Waals surface area contributed by atoms with Crippen molar-refractivity contribution in [3.63, 3.8) is 0 Å². The fourth-order valence-electron chi connectivity index (χ4n) is 2.08. The van der Waals surface area contributed by atoms with Gasteiger partial charge in [-0.1, -0.05) is 15.9 Å². The van der Waals surface area contributed by atoms with Crippen LogP contribution in [0.3, 0.4) is 0 Å². The van der Waals surface area contributed by atoms with E-state index in [0.717, 1.165) is 18.9 Å². The zero-order chi connectivity index (χ0) is 13.1. The Hall–Kier alpha value is -0.910. The third kappa shape index (κ3) is 2.51. The summed E-state index contributed by atoms with van der Waals surface area (Å²) >= 11 is 3.28. The normalized spacial score (nSPS) is 26.2. The molecule has 0 aliphatic heterocycles. The Labute approximate surface area is 108 Å². The Kier molecular flexibility index (Phi) is 4.68. The van der Waals surface area contributed by atoms with E-state index < -0.39 is 23.1 Å². The molecule has 2 atom stereocenters. The Morgan fingerprint density at radius 1 is 1.29 bits per heavy atom. The number of alkyl halides is 1. The molecule has 6 heteroatoms. The molecule has 0 heterocycles. The van der Waals surface area contributed by atoms with Gasteiger partial charge in [0.2, 0.25) is 0 Å². The van der Waals surface area contributed by atoms with Crippen LogP contribution in [-0.4, -0.2) is 37.3 Å². The van der Waals surface area contributed by atoms with Crippen LogP contribution in [0.25, 0.3) is 0 Å². The van der Waals surface area contributed by atoms with Crippen molar-refractivity contribution in [1.82, 2.24) is 0 Å². The van der Waals surface area contributed by atoms with E-state index in [1.165, 1.54) is 7.11 Å². The van der Waals surface area contributed by atoms with Crippen LogP contribution in [0.2, 0.25) is 0 Å². The van der Waals surface area contributed by atoms with Crippen LogP contribution in [-0.2, 0) is 23.9 Å². The Morgan fingerprint density at radius 2 is 1.94 bits per heavy atom. The summed E-state index contributed by atoms with van der Waals surface area (Å²) in [5, 5.41) is 0.799. The van der Waals surface area contributed by atoms with E-state index >= 15 is 0 Å². The van der Waals surface area contributed by atoms with Gasteiger partial charge in [-0.3, -0.25) is 9.59 Å². The molecule has 96 valence electrons. The average Bonchev–Trinajstić information content (AvgIpc) is 3.08. The molecule has 0 N–H and O–H groups in total. The maximum Gasteiger partial charge on any atom is 0.375 e. The lowest BCUT2D eigenvalue weighted by molar-refractivity contribution is -0.162. The molecule has 0 amide bonds. The molecule has 1 fully saturated rings. The minimum atomic E-state index is -1.29. The molecule has 1 aliphatic rings. The largest absolute Gasteiger partial charge is 0.468 e. The summed E-state index contributed by atoms with van der Waals surface area (Å²) in [5.74, 6) is -2.50. The highest BCUT2D eigenvalue weighted by atomic mass is 79.9. The van der Waals surface area contributed by atoms with Crippen molar-refractivity contribution in [2.75, 3.05) is 19.5 Å². The number of methoxy groups -OCH3 is 2. The summed E-state index contributed by atoms with van der Waals surface area (Å²) in [4.78, 5) is 34.8. The number of rotatable bonds is 6. The first kappa shape index (κ1) is 14.2. The zero-order valence-corrected chi connectivity index (χ0v) is 11.4. The number of Topliss-reactive ketones (excluding diaryl/α,β-unsaturated/α-hetero) is 1. The van der Waals surface area contributed by atoms with Gasteiger partial charge < -0.3 is 9.47 Å². The smallest absolute Gasteiger partial charge is 0.375 e. The van der Waals surface area contributed by atoms with Crippen LogP contribution in [0.15, 0.2) is 0 Å². The van der Waals surface area contributed by atoms with Gasteiger partial charge in [-0.2, -0.15) is 0 Å². The summed E-state index contributed by atoms with van der Waals surface area (Å²) in [6.07, 6.45) is 1.93. The lowest BCUT2D eigenvalue weighted by Gasteiger charge is -2.12. The van der Waals surface area contributed by atoms with E-state index in [1.807, 2.05) is 0 Å². The van der Waals surface area contributed by atoms with Crippen molar-refractivity contribution in [3.8, 4) is 0 Å². The number of carbonyl (C=O) groups is 3. The second-order valence-corrected chi connectivity index (χ2v) is 4.81. The van der Waals surface area contributed by atoms with Crippen molar-refractivity contribution in [1.29, 1.82) is 0 Å². The summed E-state index contributed by atoms with van der Waals surface area (Å²) in [7, 11) is 2.34. The van der Waals surface area contributed by atoms with Crippen molar-refractivity contribution >= 4 is 33.7 Å². The van der Waals surface area contributed by atoms with E-state index in [1.54, 1.807) is 0 Å². The first-order valence-corrected chi connectivity index (χ1v) is 6.43. The van der Waals surface area contributed by atoms with E-state index in [4.69, 9.17) is 0 Å². The minimum absolute atomic E-state index is 0.112.